The Labute approximate surface area is 84.1 Å². The number of rotatable bonds is 4. The van der Waals surface area contributed by atoms with Gasteiger partial charge < -0.3 is 10.3 Å². The van der Waals surface area contributed by atoms with Crippen LogP contribution in [0.4, 0.5) is 0 Å². The van der Waals surface area contributed by atoms with E-state index in [2.05, 4.69) is 23.0 Å². The maximum atomic E-state index is 8.69. The number of hydrogen-bond donors (Lipinski definition) is 1. The van der Waals surface area contributed by atoms with Crippen LogP contribution in [-0.2, 0) is 13.1 Å². The fraction of sp³-hybridized carbons (Fsp3) is 0.545. The van der Waals surface area contributed by atoms with Crippen LogP contribution in [0.5, 0.6) is 0 Å². The topological polar surface area (TPSA) is 54.7 Å². The minimum Gasteiger partial charge on any atom is -0.353 e. The van der Waals surface area contributed by atoms with Crippen LogP contribution in [0.1, 0.15) is 24.8 Å². The summed E-state index contributed by atoms with van der Waals surface area (Å²) in [7, 11) is 0. The Kier molecular flexibility index (Phi) is 2.30. The van der Waals surface area contributed by atoms with Crippen LogP contribution < -0.4 is 5.73 Å². The summed E-state index contributed by atoms with van der Waals surface area (Å²) in [6.07, 6.45) is 7.20. The summed E-state index contributed by atoms with van der Waals surface area (Å²) in [5.41, 5.74) is 6.98. The minimum atomic E-state index is 0.277. The number of nitrogens with two attached hydrogens (primary N) is 1. The monoisotopic (exact) mass is 189 g/mol. The van der Waals surface area contributed by atoms with Gasteiger partial charge in [-0.05, 0) is 24.5 Å². The Morgan fingerprint density at radius 2 is 2.36 bits per heavy atom. The molecular weight excluding hydrogens is 174 g/mol. The highest BCUT2D eigenvalue weighted by atomic mass is 15.0. The normalized spacial score (nSPS) is 17.7. The van der Waals surface area contributed by atoms with Crippen molar-refractivity contribution in [2.45, 2.75) is 32.4 Å². The Bertz CT molecular complexity index is 355. The Balaban J connectivity index is 2.01. The molecule has 1 fully saturated rings. The quantitative estimate of drug-likeness (QED) is 0.782. The first kappa shape index (κ1) is 9.29. The minimum absolute atomic E-state index is 0.277. The van der Waals surface area contributed by atoms with Crippen LogP contribution in [0.2, 0.25) is 0 Å². The van der Waals surface area contributed by atoms with Gasteiger partial charge in [0, 0.05) is 37.3 Å². The van der Waals surface area contributed by atoms with Crippen LogP contribution in [0.15, 0.2) is 18.5 Å². The van der Waals surface area contributed by atoms with Gasteiger partial charge in [0.05, 0.1) is 6.07 Å². The molecule has 3 heteroatoms. The molecule has 0 aromatic carbocycles. The Hall–Kier alpha value is -1.27. The van der Waals surface area contributed by atoms with Crippen LogP contribution in [0, 0.1) is 16.7 Å². The summed E-state index contributed by atoms with van der Waals surface area (Å²) in [6, 6.07) is 4.32. The zero-order valence-electron chi connectivity index (χ0n) is 8.24. The van der Waals surface area contributed by atoms with E-state index in [4.69, 9.17) is 11.0 Å². The molecule has 0 bridgehead atoms. The molecule has 1 aromatic rings. The predicted molar refractivity (Wildman–Crippen MR) is 54.2 cm³/mol. The van der Waals surface area contributed by atoms with Crippen LogP contribution >= 0.6 is 0 Å². The highest BCUT2D eigenvalue weighted by Gasteiger charge is 2.42. The molecular formula is C11H15N3. The first-order valence-electron chi connectivity index (χ1n) is 5.00. The molecule has 2 N–H and O–H groups in total. The van der Waals surface area contributed by atoms with Gasteiger partial charge in [-0.15, -0.1) is 0 Å². The van der Waals surface area contributed by atoms with Crippen LogP contribution in [0.3, 0.4) is 0 Å². The summed E-state index contributed by atoms with van der Waals surface area (Å²) >= 11 is 0. The summed E-state index contributed by atoms with van der Waals surface area (Å²) < 4.78 is 2.16. The van der Waals surface area contributed by atoms with Crippen molar-refractivity contribution in [2.75, 3.05) is 0 Å². The third kappa shape index (κ3) is 1.80. The molecule has 0 aliphatic heterocycles. The second-order valence-electron chi connectivity index (χ2n) is 4.23. The van der Waals surface area contributed by atoms with Crippen molar-refractivity contribution in [2.24, 2.45) is 11.1 Å². The van der Waals surface area contributed by atoms with Crippen LogP contribution in [-0.4, -0.2) is 4.57 Å². The zero-order valence-corrected chi connectivity index (χ0v) is 8.24. The third-order valence-corrected chi connectivity index (χ3v) is 2.98. The molecule has 14 heavy (non-hydrogen) atoms. The molecule has 3 nitrogen and oxygen atoms in total. The van der Waals surface area contributed by atoms with Crippen molar-refractivity contribution < 1.29 is 0 Å². The molecule has 1 aliphatic carbocycles. The van der Waals surface area contributed by atoms with E-state index >= 15 is 0 Å². The standard InChI is InChI=1S/C11H15N3/c12-5-4-11(2-3-11)9-14-6-1-10(7-13)8-14/h1,6,8H,2-4,7,9,13H2. The van der Waals surface area contributed by atoms with Gasteiger partial charge in [0.2, 0.25) is 0 Å². The summed E-state index contributed by atoms with van der Waals surface area (Å²) in [5.74, 6) is 0. The van der Waals surface area contributed by atoms with E-state index in [0.717, 1.165) is 12.1 Å². The molecule has 0 unspecified atom stereocenters. The molecule has 0 radical (unpaired) electrons. The van der Waals surface area contributed by atoms with Crippen molar-refractivity contribution in [1.29, 1.82) is 5.26 Å². The van der Waals surface area contributed by atoms with Gasteiger partial charge in [0.15, 0.2) is 0 Å². The third-order valence-electron chi connectivity index (χ3n) is 2.98. The first-order valence-corrected chi connectivity index (χ1v) is 5.00. The van der Waals surface area contributed by atoms with Crippen molar-refractivity contribution in [1.82, 2.24) is 4.57 Å². The van der Waals surface area contributed by atoms with Gasteiger partial charge >= 0.3 is 0 Å². The molecule has 1 aromatic heterocycles. The van der Waals surface area contributed by atoms with Crippen molar-refractivity contribution in [3.8, 4) is 6.07 Å². The van der Waals surface area contributed by atoms with Crippen molar-refractivity contribution in [3.63, 3.8) is 0 Å². The van der Waals surface area contributed by atoms with E-state index in [9.17, 15) is 0 Å². The second kappa shape index (κ2) is 3.47. The lowest BCUT2D eigenvalue weighted by Crippen LogP contribution is -2.09. The fourth-order valence-corrected chi connectivity index (χ4v) is 1.83. The maximum Gasteiger partial charge on any atom is 0.0628 e. The zero-order chi connectivity index (χ0) is 10.0. The average molecular weight is 189 g/mol. The molecule has 74 valence electrons. The van der Waals surface area contributed by atoms with Crippen molar-refractivity contribution >= 4 is 0 Å². The van der Waals surface area contributed by atoms with Gasteiger partial charge in [-0.25, -0.2) is 0 Å². The Morgan fingerprint density at radius 1 is 1.57 bits per heavy atom. The number of aromatic nitrogens is 1. The molecule has 0 atom stereocenters. The summed E-state index contributed by atoms with van der Waals surface area (Å²) in [6.45, 7) is 1.57. The van der Waals surface area contributed by atoms with Crippen LogP contribution in [0.25, 0.3) is 0 Å². The van der Waals surface area contributed by atoms with E-state index in [1.165, 1.54) is 12.8 Å². The Morgan fingerprint density at radius 3 is 2.86 bits per heavy atom. The lowest BCUT2D eigenvalue weighted by atomic mass is 10.0. The summed E-state index contributed by atoms with van der Waals surface area (Å²) in [5, 5.41) is 8.69. The number of nitriles is 1. The highest BCUT2D eigenvalue weighted by molar-refractivity contribution is 5.11. The SMILES string of the molecule is N#CCC1(Cn2ccc(CN)c2)CC1. The number of nitrogens with zero attached hydrogens (tertiary/aromatic N) is 2. The molecule has 0 saturated heterocycles. The molecule has 1 heterocycles. The van der Waals surface area contributed by atoms with E-state index in [-0.39, 0.29) is 5.41 Å². The molecule has 2 rings (SSSR count). The van der Waals surface area contributed by atoms with Gasteiger partial charge in [-0.1, -0.05) is 0 Å². The van der Waals surface area contributed by atoms with E-state index < -0.39 is 0 Å². The van der Waals surface area contributed by atoms with Gasteiger partial charge in [0.1, 0.15) is 0 Å². The number of hydrogen-bond acceptors (Lipinski definition) is 2. The highest BCUT2D eigenvalue weighted by Crippen LogP contribution is 2.49. The summed E-state index contributed by atoms with van der Waals surface area (Å²) in [4.78, 5) is 0. The lowest BCUT2D eigenvalue weighted by molar-refractivity contribution is 0.432. The second-order valence-corrected chi connectivity index (χ2v) is 4.23. The fourth-order valence-electron chi connectivity index (χ4n) is 1.83. The average Bonchev–Trinajstić information content (AvgIpc) is 2.78. The van der Waals surface area contributed by atoms with E-state index in [0.29, 0.717) is 13.0 Å². The molecule has 1 saturated carbocycles. The molecule has 0 amide bonds. The van der Waals surface area contributed by atoms with Gasteiger partial charge in [-0.2, -0.15) is 5.26 Å². The first-order chi connectivity index (χ1) is 6.78. The predicted octanol–water partition coefficient (Wildman–Crippen LogP) is 1.64. The smallest absolute Gasteiger partial charge is 0.0628 e. The van der Waals surface area contributed by atoms with Gasteiger partial charge in [0.25, 0.3) is 0 Å². The maximum absolute atomic E-state index is 8.69. The van der Waals surface area contributed by atoms with E-state index in [1.807, 2.05) is 6.07 Å². The lowest BCUT2D eigenvalue weighted by Gasteiger charge is -2.11. The largest absolute Gasteiger partial charge is 0.353 e. The van der Waals surface area contributed by atoms with Gasteiger partial charge in [-0.3, -0.25) is 0 Å². The molecule has 1 aliphatic rings. The van der Waals surface area contributed by atoms with E-state index in [1.54, 1.807) is 0 Å². The molecule has 0 spiro atoms. The van der Waals surface area contributed by atoms with Crippen molar-refractivity contribution in [3.05, 3.63) is 24.0 Å².